The van der Waals surface area contributed by atoms with Crippen LogP contribution in [0.4, 0.5) is 5.69 Å². The molecule has 28 heavy (non-hydrogen) atoms. The van der Waals surface area contributed by atoms with Crippen molar-refractivity contribution in [2.75, 3.05) is 25.6 Å². The third kappa shape index (κ3) is 3.86. The van der Waals surface area contributed by atoms with Crippen LogP contribution in [0, 0.1) is 17.3 Å². The first kappa shape index (κ1) is 19.6. The lowest BCUT2D eigenvalue weighted by Gasteiger charge is -2.58. The molecule has 152 valence electrons. The van der Waals surface area contributed by atoms with E-state index in [2.05, 4.69) is 5.32 Å². The van der Waals surface area contributed by atoms with E-state index in [1.807, 2.05) is 43.3 Å². The summed E-state index contributed by atoms with van der Waals surface area (Å²) in [6, 6.07) is 7.99. The molecule has 6 heteroatoms. The van der Waals surface area contributed by atoms with Gasteiger partial charge in [0.15, 0.2) is 6.61 Å². The number of benzene rings is 1. The summed E-state index contributed by atoms with van der Waals surface area (Å²) in [5.41, 5.74) is 1.65. The van der Waals surface area contributed by atoms with E-state index >= 15 is 0 Å². The average Bonchev–Trinajstić information content (AvgIpc) is 2.62. The number of hydrogen-bond donors (Lipinski definition) is 1. The maximum atomic E-state index is 12.9. The van der Waals surface area contributed by atoms with Crippen LogP contribution in [-0.2, 0) is 20.9 Å². The van der Waals surface area contributed by atoms with E-state index in [4.69, 9.17) is 16.3 Å². The molecule has 4 bridgehead atoms. The quantitative estimate of drug-likeness (QED) is 0.582. The monoisotopic (exact) mass is 404 g/mol. The molecule has 1 amide bonds. The molecule has 0 spiro atoms. The number of halogens is 1. The van der Waals surface area contributed by atoms with Crippen LogP contribution >= 0.6 is 11.6 Å². The summed E-state index contributed by atoms with van der Waals surface area (Å²) in [5.74, 6) is 0.572. The highest BCUT2D eigenvalue weighted by Crippen LogP contribution is 2.64. The number of alkyl halides is 1. The minimum atomic E-state index is -0.464. The number of carbonyl (C=O) groups excluding carboxylic acids is 2. The SMILES string of the molecule is CN(C)c1ccc(CNC(=O)COC(=O)C23C[C@@H]4C[C@@H](CC(Cl)(C4)C2)C3)cc1. The van der Waals surface area contributed by atoms with Crippen LogP contribution in [0.1, 0.15) is 44.1 Å². The number of ether oxygens (including phenoxy) is 1. The lowest BCUT2D eigenvalue weighted by Crippen LogP contribution is -2.56. The summed E-state index contributed by atoms with van der Waals surface area (Å²) in [7, 11) is 3.97. The van der Waals surface area contributed by atoms with Crippen molar-refractivity contribution >= 4 is 29.2 Å². The summed E-state index contributed by atoms with van der Waals surface area (Å²) in [4.78, 5) is 26.8. The fraction of sp³-hybridized carbons (Fsp3) is 0.636. The molecule has 4 atom stereocenters. The summed E-state index contributed by atoms with van der Waals surface area (Å²) in [6.45, 7) is 0.200. The Labute approximate surface area is 171 Å². The zero-order valence-electron chi connectivity index (χ0n) is 16.7. The van der Waals surface area contributed by atoms with Gasteiger partial charge in [0.2, 0.25) is 0 Å². The smallest absolute Gasteiger partial charge is 0.312 e. The predicted octanol–water partition coefficient (Wildman–Crippen LogP) is 3.49. The van der Waals surface area contributed by atoms with Crippen molar-refractivity contribution in [1.29, 1.82) is 0 Å². The number of carbonyl (C=O) groups is 2. The first-order valence-corrected chi connectivity index (χ1v) is 10.5. The number of amides is 1. The molecule has 5 nitrogen and oxygen atoms in total. The summed E-state index contributed by atoms with van der Waals surface area (Å²) >= 11 is 6.79. The molecule has 2 unspecified atom stereocenters. The molecule has 0 aliphatic heterocycles. The third-order valence-corrected chi connectivity index (χ3v) is 7.14. The third-order valence-electron chi connectivity index (χ3n) is 6.70. The van der Waals surface area contributed by atoms with Crippen molar-refractivity contribution in [2.45, 2.75) is 49.9 Å². The molecule has 0 heterocycles. The van der Waals surface area contributed by atoms with Gasteiger partial charge in [0, 0.05) is 31.2 Å². The topological polar surface area (TPSA) is 58.6 Å². The van der Waals surface area contributed by atoms with Crippen LogP contribution < -0.4 is 10.2 Å². The number of hydrogen-bond acceptors (Lipinski definition) is 4. The van der Waals surface area contributed by atoms with Crippen LogP contribution in [0.2, 0.25) is 0 Å². The Morgan fingerprint density at radius 1 is 1.14 bits per heavy atom. The Hall–Kier alpha value is -1.75. The van der Waals surface area contributed by atoms with Crippen LogP contribution in [-0.4, -0.2) is 37.5 Å². The van der Waals surface area contributed by atoms with Gasteiger partial charge >= 0.3 is 5.97 Å². The van der Waals surface area contributed by atoms with Crippen molar-refractivity contribution in [1.82, 2.24) is 5.32 Å². The van der Waals surface area contributed by atoms with E-state index in [9.17, 15) is 9.59 Å². The largest absolute Gasteiger partial charge is 0.455 e. The highest BCUT2D eigenvalue weighted by atomic mass is 35.5. The van der Waals surface area contributed by atoms with Gasteiger partial charge in [-0.3, -0.25) is 9.59 Å². The Kier molecular flexibility index (Phi) is 5.07. The van der Waals surface area contributed by atoms with Crippen molar-refractivity contribution in [2.24, 2.45) is 17.3 Å². The van der Waals surface area contributed by atoms with Crippen LogP contribution in [0.5, 0.6) is 0 Å². The Balaban J connectivity index is 1.27. The highest BCUT2D eigenvalue weighted by molar-refractivity contribution is 6.24. The van der Waals surface area contributed by atoms with Crippen LogP contribution in [0.15, 0.2) is 24.3 Å². The van der Waals surface area contributed by atoms with E-state index in [-0.39, 0.29) is 23.4 Å². The molecule has 4 fully saturated rings. The van der Waals surface area contributed by atoms with E-state index in [1.165, 1.54) is 6.42 Å². The van der Waals surface area contributed by atoms with Crippen molar-refractivity contribution in [3.8, 4) is 0 Å². The molecule has 1 aromatic rings. The van der Waals surface area contributed by atoms with Gasteiger partial charge in [-0.05, 0) is 68.1 Å². The molecule has 0 aromatic heterocycles. The molecule has 1 aromatic carbocycles. The standard InChI is InChI=1S/C22H29ClN2O3/c1-25(2)18-5-3-15(4-6-18)12-24-19(26)13-28-20(27)21-8-16-7-17(9-21)11-22(23,10-16)14-21/h3-6,16-17H,7-14H2,1-2H3,(H,24,26)/t16-,17+,21?,22?. The summed E-state index contributed by atoms with van der Waals surface area (Å²) in [6.07, 6.45) is 5.68. The van der Waals surface area contributed by atoms with Gasteiger partial charge < -0.3 is 15.0 Å². The average molecular weight is 405 g/mol. The molecule has 0 radical (unpaired) electrons. The molecule has 4 saturated carbocycles. The minimum absolute atomic E-state index is 0.221. The van der Waals surface area contributed by atoms with Gasteiger partial charge in [0.1, 0.15) is 0 Å². The number of rotatable bonds is 6. The van der Waals surface area contributed by atoms with Crippen molar-refractivity contribution in [3.63, 3.8) is 0 Å². The molecule has 5 rings (SSSR count). The Morgan fingerprint density at radius 3 is 2.36 bits per heavy atom. The molecular weight excluding hydrogens is 376 g/mol. The van der Waals surface area contributed by atoms with Crippen LogP contribution in [0.25, 0.3) is 0 Å². The fourth-order valence-electron chi connectivity index (χ4n) is 5.84. The summed E-state index contributed by atoms with van der Waals surface area (Å²) in [5, 5.41) is 2.83. The zero-order valence-corrected chi connectivity index (χ0v) is 17.4. The number of esters is 1. The summed E-state index contributed by atoms with van der Waals surface area (Å²) < 4.78 is 5.46. The molecule has 4 aliphatic rings. The van der Waals surface area contributed by atoms with E-state index in [1.54, 1.807) is 0 Å². The minimum Gasteiger partial charge on any atom is -0.455 e. The first-order valence-electron chi connectivity index (χ1n) is 10.2. The molecular formula is C22H29ClN2O3. The number of anilines is 1. The second-order valence-electron chi connectivity index (χ2n) is 9.31. The highest BCUT2D eigenvalue weighted by Gasteiger charge is 2.60. The van der Waals surface area contributed by atoms with E-state index in [0.29, 0.717) is 24.8 Å². The zero-order chi connectivity index (χ0) is 19.9. The lowest BCUT2D eigenvalue weighted by molar-refractivity contribution is -0.171. The normalized spacial score (nSPS) is 32.8. The fourth-order valence-corrected chi connectivity index (χ4v) is 6.53. The Morgan fingerprint density at radius 2 is 1.79 bits per heavy atom. The second-order valence-corrected chi connectivity index (χ2v) is 10.1. The van der Waals surface area contributed by atoms with Gasteiger partial charge in [-0.2, -0.15) is 0 Å². The maximum absolute atomic E-state index is 12.9. The van der Waals surface area contributed by atoms with Gasteiger partial charge in [-0.25, -0.2) is 0 Å². The van der Waals surface area contributed by atoms with Gasteiger partial charge in [-0.1, -0.05) is 12.1 Å². The molecule has 1 N–H and O–H groups in total. The maximum Gasteiger partial charge on any atom is 0.312 e. The first-order chi connectivity index (χ1) is 13.3. The van der Waals surface area contributed by atoms with Gasteiger partial charge in [-0.15, -0.1) is 11.6 Å². The lowest BCUT2D eigenvalue weighted by atomic mass is 9.49. The van der Waals surface area contributed by atoms with Crippen molar-refractivity contribution in [3.05, 3.63) is 29.8 Å². The second kappa shape index (κ2) is 7.25. The predicted molar refractivity (Wildman–Crippen MR) is 109 cm³/mol. The van der Waals surface area contributed by atoms with Crippen LogP contribution in [0.3, 0.4) is 0 Å². The number of nitrogens with zero attached hydrogens (tertiary/aromatic N) is 1. The molecule has 0 saturated heterocycles. The Bertz CT molecular complexity index is 748. The van der Waals surface area contributed by atoms with E-state index < -0.39 is 5.41 Å². The molecule has 4 aliphatic carbocycles. The van der Waals surface area contributed by atoms with Gasteiger partial charge in [0.25, 0.3) is 5.91 Å². The van der Waals surface area contributed by atoms with E-state index in [0.717, 1.165) is 36.9 Å². The van der Waals surface area contributed by atoms with Crippen molar-refractivity contribution < 1.29 is 14.3 Å². The van der Waals surface area contributed by atoms with Gasteiger partial charge in [0.05, 0.1) is 5.41 Å². The number of nitrogens with one attached hydrogen (secondary N) is 1.